The van der Waals surface area contributed by atoms with Gasteiger partial charge in [-0.1, -0.05) is 13.8 Å². The van der Waals surface area contributed by atoms with Gasteiger partial charge < -0.3 is 10.6 Å². The van der Waals surface area contributed by atoms with Crippen molar-refractivity contribution in [2.45, 2.75) is 26.7 Å². The second-order valence-corrected chi connectivity index (χ2v) is 7.63. The highest BCUT2D eigenvalue weighted by atomic mass is 32.2. The molecule has 1 heterocycles. The summed E-state index contributed by atoms with van der Waals surface area (Å²) in [5, 5.41) is 0. The van der Waals surface area contributed by atoms with E-state index < -0.39 is 9.84 Å². The van der Waals surface area contributed by atoms with Crippen LogP contribution >= 0.6 is 0 Å². The molecule has 1 saturated heterocycles. The zero-order chi connectivity index (χ0) is 12.9. The number of hydrogen-bond donors (Lipinski definition) is 1. The molecule has 0 spiro atoms. The fourth-order valence-electron chi connectivity index (χ4n) is 2.49. The Morgan fingerprint density at radius 2 is 2.12 bits per heavy atom. The van der Waals surface area contributed by atoms with Gasteiger partial charge in [-0.05, 0) is 44.3 Å². The van der Waals surface area contributed by atoms with Crippen LogP contribution in [-0.4, -0.2) is 51.0 Å². The minimum absolute atomic E-state index is 0.263. The van der Waals surface area contributed by atoms with Crippen molar-refractivity contribution in [2.24, 2.45) is 17.6 Å². The van der Waals surface area contributed by atoms with E-state index in [0.29, 0.717) is 17.6 Å². The lowest BCUT2D eigenvalue weighted by Gasteiger charge is -2.36. The highest BCUT2D eigenvalue weighted by Crippen LogP contribution is 2.22. The average Bonchev–Trinajstić information content (AvgIpc) is 2.29. The molecule has 4 nitrogen and oxygen atoms in total. The summed E-state index contributed by atoms with van der Waals surface area (Å²) in [6.07, 6.45) is 1.91. The lowest BCUT2D eigenvalue weighted by atomic mass is 9.87. The molecule has 0 bridgehead atoms. The van der Waals surface area contributed by atoms with Crippen molar-refractivity contribution < 1.29 is 8.42 Å². The van der Waals surface area contributed by atoms with Crippen LogP contribution in [0.1, 0.15) is 26.7 Å². The van der Waals surface area contributed by atoms with Crippen LogP contribution in [0.15, 0.2) is 0 Å². The van der Waals surface area contributed by atoms with Crippen LogP contribution < -0.4 is 5.73 Å². The average molecular weight is 262 g/mol. The molecule has 0 aliphatic carbocycles. The third-order valence-corrected chi connectivity index (χ3v) is 5.63. The van der Waals surface area contributed by atoms with Crippen molar-refractivity contribution in [1.82, 2.24) is 4.90 Å². The quantitative estimate of drug-likeness (QED) is 0.766. The molecule has 1 rings (SSSR count). The molecule has 2 unspecified atom stereocenters. The van der Waals surface area contributed by atoms with Crippen molar-refractivity contribution in [3.63, 3.8) is 0 Å². The predicted molar refractivity (Wildman–Crippen MR) is 71.7 cm³/mol. The molecule has 2 atom stereocenters. The molecule has 0 amide bonds. The van der Waals surface area contributed by atoms with E-state index in [2.05, 4.69) is 11.8 Å². The molecule has 17 heavy (non-hydrogen) atoms. The van der Waals surface area contributed by atoms with Gasteiger partial charge in [-0.3, -0.25) is 0 Å². The van der Waals surface area contributed by atoms with Gasteiger partial charge in [0, 0.05) is 12.3 Å². The summed E-state index contributed by atoms with van der Waals surface area (Å²) < 4.78 is 22.7. The number of sulfone groups is 1. The molecular formula is C12H26N2O2S. The van der Waals surface area contributed by atoms with Crippen LogP contribution in [0, 0.1) is 11.8 Å². The Kier molecular flexibility index (Phi) is 5.89. The molecule has 1 aliphatic rings. The summed E-state index contributed by atoms with van der Waals surface area (Å²) in [7, 11) is -2.80. The first-order valence-corrected chi connectivity index (χ1v) is 8.43. The van der Waals surface area contributed by atoms with E-state index in [1.807, 2.05) is 0 Å². The van der Waals surface area contributed by atoms with Crippen LogP contribution in [0.5, 0.6) is 0 Å². The van der Waals surface area contributed by atoms with Gasteiger partial charge in [0.25, 0.3) is 0 Å². The first-order valence-electron chi connectivity index (χ1n) is 6.61. The minimum Gasteiger partial charge on any atom is -0.330 e. The Morgan fingerprint density at radius 1 is 1.41 bits per heavy atom. The zero-order valence-electron chi connectivity index (χ0n) is 11.1. The third kappa shape index (κ3) is 4.94. The Balaban J connectivity index is 2.26. The van der Waals surface area contributed by atoms with Gasteiger partial charge in [0.1, 0.15) is 9.84 Å². The summed E-state index contributed by atoms with van der Waals surface area (Å²) in [5.74, 6) is 1.87. The van der Waals surface area contributed by atoms with E-state index >= 15 is 0 Å². The molecular weight excluding hydrogens is 236 g/mol. The van der Waals surface area contributed by atoms with Crippen molar-refractivity contribution in [3.05, 3.63) is 0 Å². The lowest BCUT2D eigenvalue weighted by molar-refractivity contribution is 0.133. The van der Waals surface area contributed by atoms with Gasteiger partial charge in [0.2, 0.25) is 0 Å². The molecule has 0 aromatic rings. The Labute approximate surface area is 105 Å². The summed E-state index contributed by atoms with van der Waals surface area (Å²) in [5.41, 5.74) is 5.72. The van der Waals surface area contributed by atoms with Crippen LogP contribution in [0.2, 0.25) is 0 Å². The summed E-state index contributed by atoms with van der Waals surface area (Å²) >= 11 is 0. The second kappa shape index (κ2) is 6.71. The minimum atomic E-state index is -2.80. The molecule has 1 aliphatic heterocycles. The first kappa shape index (κ1) is 14.9. The predicted octanol–water partition coefficient (Wildman–Crippen LogP) is 0.728. The molecule has 0 saturated carbocycles. The molecule has 0 aromatic heterocycles. The molecule has 1 fully saturated rings. The smallest absolute Gasteiger partial charge is 0.150 e. The van der Waals surface area contributed by atoms with Crippen molar-refractivity contribution in [3.8, 4) is 0 Å². The first-order chi connectivity index (χ1) is 7.98. The second-order valence-electron chi connectivity index (χ2n) is 5.15. The van der Waals surface area contributed by atoms with E-state index in [0.717, 1.165) is 39.0 Å². The zero-order valence-corrected chi connectivity index (χ0v) is 11.9. The maximum Gasteiger partial charge on any atom is 0.150 e. The SMILES string of the molecule is CCS(=O)(=O)CCCN1CCC(CN)C(C)C1. The highest BCUT2D eigenvalue weighted by molar-refractivity contribution is 7.91. The monoisotopic (exact) mass is 262 g/mol. The van der Waals surface area contributed by atoms with Crippen molar-refractivity contribution in [2.75, 3.05) is 37.7 Å². The lowest BCUT2D eigenvalue weighted by Crippen LogP contribution is -2.42. The number of piperidine rings is 1. The number of likely N-dealkylation sites (tertiary alicyclic amines) is 1. The van der Waals surface area contributed by atoms with Gasteiger partial charge in [0.05, 0.1) is 5.75 Å². The van der Waals surface area contributed by atoms with Gasteiger partial charge in [-0.25, -0.2) is 8.42 Å². The molecule has 102 valence electrons. The Bertz CT molecular complexity index is 316. The van der Waals surface area contributed by atoms with Crippen LogP contribution in [-0.2, 0) is 9.84 Å². The number of hydrogen-bond acceptors (Lipinski definition) is 4. The van der Waals surface area contributed by atoms with Crippen LogP contribution in [0.4, 0.5) is 0 Å². The highest BCUT2D eigenvalue weighted by Gasteiger charge is 2.24. The number of rotatable bonds is 6. The largest absolute Gasteiger partial charge is 0.330 e. The van der Waals surface area contributed by atoms with Gasteiger partial charge >= 0.3 is 0 Å². The summed E-state index contributed by atoms with van der Waals surface area (Å²) in [4.78, 5) is 2.38. The number of nitrogens with zero attached hydrogens (tertiary/aromatic N) is 1. The van der Waals surface area contributed by atoms with E-state index in [4.69, 9.17) is 5.73 Å². The van der Waals surface area contributed by atoms with E-state index in [9.17, 15) is 8.42 Å². The standard InChI is InChI=1S/C12H26N2O2S/c1-3-17(15,16)8-4-6-14-7-5-12(9-13)11(2)10-14/h11-12H,3-10,13H2,1-2H3. The fraction of sp³-hybridized carbons (Fsp3) is 1.00. The topological polar surface area (TPSA) is 63.4 Å². The third-order valence-electron chi connectivity index (χ3n) is 3.84. The van der Waals surface area contributed by atoms with Crippen LogP contribution in [0.25, 0.3) is 0 Å². The molecule has 0 radical (unpaired) electrons. The summed E-state index contributed by atoms with van der Waals surface area (Å²) in [6.45, 7) is 7.77. The van der Waals surface area contributed by atoms with E-state index in [-0.39, 0.29) is 5.75 Å². The fourth-order valence-corrected chi connectivity index (χ4v) is 3.34. The summed E-state index contributed by atoms with van der Waals surface area (Å²) in [6, 6.07) is 0. The van der Waals surface area contributed by atoms with Crippen molar-refractivity contribution in [1.29, 1.82) is 0 Å². The van der Waals surface area contributed by atoms with Crippen LogP contribution in [0.3, 0.4) is 0 Å². The van der Waals surface area contributed by atoms with E-state index in [1.54, 1.807) is 6.92 Å². The van der Waals surface area contributed by atoms with Gasteiger partial charge in [-0.2, -0.15) is 0 Å². The normalized spacial score (nSPS) is 27.2. The molecule has 2 N–H and O–H groups in total. The van der Waals surface area contributed by atoms with E-state index in [1.165, 1.54) is 0 Å². The molecule has 0 aromatic carbocycles. The number of nitrogens with two attached hydrogens (primary N) is 1. The van der Waals surface area contributed by atoms with Crippen molar-refractivity contribution >= 4 is 9.84 Å². The van der Waals surface area contributed by atoms with Gasteiger partial charge in [0.15, 0.2) is 0 Å². The molecule has 5 heteroatoms. The Hall–Kier alpha value is -0.130. The maximum atomic E-state index is 11.4. The Morgan fingerprint density at radius 3 is 2.65 bits per heavy atom. The maximum absolute atomic E-state index is 11.4. The van der Waals surface area contributed by atoms with Gasteiger partial charge in [-0.15, -0.1) is 0 Å².